The van der Waals surface area contributed by atoms with Gasteiger partial charge in [-0.25, -0.2) is 4.39 Å². The van der Waals surface area contributed by atoms with E-state index in [0.717, 1.165) is 18.7 Å². The average Bonchev–Trinajstić information content (AvgIpc) is 2.85. The predicted molar refractivity (Wildman–Crippen MR) is 68.7 cm³/mol. The zero-order valence-electron chi connectivity index (χ0n) is 9.69. The molecule has 2 nitrogen and oxygen atoms in total. The van der Waals surface area contributed by atoms with Gasteiger partial charge in [-0.2, -0.15) is 0 Å². The SMILES string of the molecule is CCCNC(c1ccc(F)cn1)c1cccs1. The molecular weight excluding hydrogens is 235 g/mol. The first kappa shape index (κ1) is 12.2. The van der Waals surface area contributed by atoms with E-state index in [1.54, 1.807) is 17.4 Å². The number of aromatic nitrogens is 1. The molecule has 0 bridgehead atoms. The number of nitrogens with zero attached hydrogens (tertiary/aromatic N) is 1. The molecule has 1 N–H and O–H groups in total. The van der Waals surface area contributed by atoms with E-state index in [9.17, 15) is 4.39 Å². The quantitative estimate of drug-likeness (QED) is 0.880. The summed E-state index contributed by atoms with van der Waals surface area (Å²) in [7, 11) is 0. The molecule has 2 aromatic rings. The van der Waals surface area contributed by atoms with Crippen molar-refractivity contribution in [1.82, 2.24) is 10.3 Å². The van der Waals surface area contributed by atoms with Crippen LogP contribution >= 0.6 is 11.3 Å². The molecule has 0 radical (unpaired) electrons. The van der Waals surface area contributed by atoms with E-state index in [4.69, 9.17) is 0 Å². The van der Waals surface area contributed by atoms with Gasteiger partial charge >= 0.3 is 0 Å². The Kier molecular flexibility index (Phi) is 4.23. The Morgan fingerprint density at radius 3 is 2.88 bits per heavy atom. The fourth-order valence-corrected chi connectivity index (χ4v) is 2.46. The van der Waals surface area contributed by atoms with Gasteiger partial charge < -0.3 is 5.32 Å². The molecule has 0 saturated carbocycles. The van der Waals surface area contributed by atoms with E-state index >= 15 is 0 Å². The lowest BCUT2D eigenvalue weighted by Gasteiger charge is -2.16. The van der Waals surface area contributed by atoms with Crippen molar-refractivity contribution in [1.29, 1.82) is 0 Å². The van der Waals surface area contributed by atoms with Crippen LogP contribution in [0.5, 0.6) is 0 Å². The van der Waals surface area contributed by atoms with Crippen molar-refractivity contribution < 1.29 is 4.39 Å². The molecule has 0 saturated heterocycles. The molecule has 2 heterocycles. The maximum atomic E-state index is 12.9. The summed E-state index contributed by atoms with van der Waals surface area (Å²) in [5.74, 6) is -0.297. The Morgan fingerprint density at radius 1 is 1.41 bits per heavy atom. The molecule has 1 atom stereocenters. The molecule has 0 aliphatic carbocycles. The van der Waals surface area contributed by atoms with Gasteiger partial charge in [0.2, 0.25) is 0 Å². The number of hydrogen-bond donors (Lipinski definition) is 1. The normalized spacial score (nSPS) is 12.6. The fourth-order valence-electron chi connectivity index (χ4n) is 1.65. The van der Waals surface area contributed by atoms with Crippen molar-refractivity contribution in [3.8, 4) is 0 Å². The molecule has 90 valence electrons. The third kappa shape index (κ3) is 3.11. The molecule has 0 aromatic carbocycles. The molecular formula is C13H15FN2S. The Labute approximate surface area is 105 Å². The first-order valence-corrected chi connectivity index (χ1v) is 6.57. The summed E-state index contributed by atoms with van der Waals surface area (Å²) in [5.41, 5.74) is 0.863. The smallest absolute Gasteiger partial charge is 0.141 e. The summed E-state index contributed by atoms with van der Waals surface area (Å²) in [6.45, 7) is 3.04. The third-order valence-electron chi connectivity index (χ3n) is 2.47. The monoisotopic (exact) mass is 250 g/mol. The highest BCUT2D eigenvalue weighted by atomic mass is 32.1. The van der Waals surface area contributed by atoms with Crippen LogP contribution < -0.4 is 5.32 Å². The lowest BCUT2D eigenvalue weighted by molar-refractivity contribution is 0.582. The van der Waals surface area contributed by atoms with Crippen LogP contribution in [0, 0.1) is 5.82 Å². The molecule has 1 unspecified atom stereocenters. The second-order valence-electron chi connectivity index (χ2n) is 3.80. The maximum Gasteiger partial charge on any atom is 0.141 e. The number of halogens is 1. The van der Waals surface area contributed by atoms with Gasteiger partial charge in [-0.05, 0) is 36.5 Å². The zero-order chi connectivity index (χ0) is 12.1. The highest BCUT2D eigenvalue weighted by Crippen LogP contribution is 2.24. The van der Waals surface area contributed by atoms with Gasteiger partial charge in [0.05, 0.1) is 17.9 Å². The summed E-state index contributed by atoms with van der Waals surface area (Å²) < 4.78 is 12.9. The minimum atomic E-state index is -0.297. The zero-order valence-corrected chi connectivity index (χ0v) is 10.5. The number of pyridine rings is 1. The fraction of sp³-hybridized carbons (Fsp3) is 0.308. The predicted octanol–water partition coefficient (Wildman–Crippen LogP) is 3.37. The van der Waals surface area contributed by atoms with Crippen molar-refractivity contribution in [2.75, 3.05) is 6.54 Å². The largest absolute Gasteiger partial charge is 0.304 e. The lowest BCUT2D eigenvalue weighted by Crippen LogP contribution is -2.23. The van der Waals surface area contributed by atoms with Crippen molar-refractivity contribution in [3.05, 3.63) is 52.2 Å². The molecule has 0 fully saturated rings. The van der Waals surface area contributed by atoms with Crippen LogP contribution in [0.1, 0.15) is 30.0 Å². The maximum absolute atomic E-state index is 12.9. The molecule has 2 rings (SSSR count). The summed E-state index contributed by atoms with van der Waals surface area (Å²) in [6.07, 6.45) is 2.33. The first-order chi connectivity index (χ1) is 8.31. The standard InChI is InChI=1S/C13H15FN2S/c1-2-7-15-13(12-4-3-8-17-12)11-6-5-10(14)9-16-11/h3-6,8-9,13,15H,2,7H2,1H3. The Morgan fingerprint density at radius 2 is 2.29 bits per heavy atom. The second-order valence-corrected chi connectivity index (χ2v) is 4.78. The van der Waals surface area contributed by atoms with Crippen LogP contribution in [-0.2, 0) is 0 Å². The van der Waals surface area contributed by atoms with Gasteiger partial charge in [0.15, 0.2) is 0 Å². The minimum absolute atomic E-state index is 0.0653. The van der Waals surface area contributed by atoms with E-state index in [2.05, 4.69) is 23.3 Å². The van der Waals surface area contributed by atoms with Gasteiger partial charge in [0.1, 0.15) is 5.82 Å². The average molecular weight is 250 g/mol. The summed E-state index contributed by atoms with van der Waals surface area (Å²) in [5, 5.41) is 5.47. The van der Waals surface area contributed by atoms with Crippen LogP contribution in [0.4, 0.5) is 4.39 Å². The van der Waals surface area contributed by atoms with Crippen LogP contribution in [-0.4, -0.2) is 11.5 Å². The number of thiophene rings is 1. The minimum Gasteiger partial charge on any atom is -0.304 e. The summed E-state index contributed by atoms with van der Waals surface area (Å²) in [6, 6.07) is 7.35. The summed E-state index contributed by atoms with van der Waals surface area (Å²) in [4.78, 5) is 5.36. The third-order valence-corrected chi connectivity index (χ3v) is 3.41. The Bertz CT molecular complexity index is 439. The van der Waals surface area contributed by atoms with Crippen molar-refractivity contribution in [3.63, 3.8) is 0 Å². The van der Waals surface area contributed by atoms with E-state index in [0.29, 0.717) is 0 Å². The number of nitrogens with one attached hydrogen (secondary N) is 1. The lowest BCUT2D eigenvalue weighted by atomic mass is 10.1. The summed E-state index contributed by atoms with van der Waals surface area (Å²) >= 11 is 1.68. The number of rotatable bonds is 5. The van der Waals surface area contributed by atoms with Gasteiger partial charge in [-0.15, -0.1) is 11.3 Å². The first-order valence-electron chi connectivity index (χ1n) is 5.69. The van der Waals surface area contributed by atoms with Gasteiger partial charge in [-0.3, -0.25) is 4.98 Å². The second kappa shape index (κ2) is 5.89. The van der Waals surface area contributed by atoms with Crippen LogP contribution in [0.2, 0.25) is 0 Å². The van der Waals surface area contributed by atoms with Crippen molar-refractivity contribution in [2.45, 2.75) is 19.4 Å². The van der Waals surface area contributed by atoms with E-state index in [1.165, 1.54) is 17.1 Å². The highest BCUT2D eigenvalue weighted by Gasteiger charge is 2.15. The molecule has 2 aromatic heterocycles. The van der Waals surface area contributed by atoms with Crippen molar-refractivity contribution >= 4 is 11.3 Å². The number of hydrogen-bond acceptors (Lipinski definition) is 3. The van der Waals surface area contributed by atoms with E-state index in [1.807, 2.05) is 11.4 Å². The van der Waals surface area contributed by atoms with Gasteiger partial charge in [0.25, 0.3) is 0 Å². The molecule has 0 spiro atoms. The van der Waals surface area contributed by atoms with E-state index < -0.39 is 0 Å². The van der Waals surface area contributed by atoms with Crippen molar-refractivity contribution in [2.24, 2.45) is 0 Å². The molecule has 0 amide bonds. The van der Waals surface area contributed by atoms with Crippen LogP contribution in [0.25, 0.3) is 0 Å². The van der Waals surface area contributed by atoms with E-state index in [-0.39, 0.29) is 11.9 Å². The van der Waals surface area contributed by atoms with Gasteiger partial charge in [0, 0.05) is 4.88 Å². The molecule has 0 aliphatic rings. The Balaban J connectivity index is 2.23. The van der Waals surface area contributed by atoms with Crippen LogP contribution in [0.15, 0.2) is 35.8 Å². The molecule has 0 aliphatic heterocycles. The Hall–Kier alpha value is -1.26. The highest BCUT2D eigenvalue weighted by molar-refractivity contribution is 7.10. The van der Waals surface area contributed by atoms with Crippen LogP contribution in [0.3, 0.4) is 0 Å². The molecule has 4 heteroatoms. The molecule has 17 heavy (non-hydrogen) atoms. The van der Waals surface area contributed by atoms with Gasteiger partial charge in [-0.1, -0.05) is 13.0 Å². The topological polar surface area (TPSA) is 24.9 Å².